The van der Waals surface area contributed by atoms with Gasteiger partial charge in [0.05, 0.1) is 17.4 Å². The third kappa shape index (κ3) is 5.01. The Morgan fingerprint density at radius 3 is 2.53 bits per heavy atom. The van der Waals surface area contributed by atoms with Gasteiger partial charge < -0.3 is 0 Å². The van der Waals surface area contributed by atoms with Gasteiger partial charge in [0.25, 0.3) is 0 Å². The Morgan fingerprint density at radius 1 is 1.32 bits per heavy atom. The molecule has 0 radical (unpaired) electrons. The average Bonchev–Trinajstić information content (AvgIpc) is 2.37. The maximum absolute atomic E-state index is 12.0. The maximum Gasteiger partial charge on any atom is 0.215 e. The summed E-state index contributed by atoms with van der Waals surface area (Å²) in [5.74, 6) is -0.156. The third-order valence-corrected chi connectivity index (χ3v) is 4.49. The summed E-state index contributed by atoms with van der Waals surface area (Å²) in [6.45, 7) is 6.46. The molecule has 1 aromatic rings. The maximum atomic E-state index is 12.0. The summed E-state index contributed by atoms with van der Waals surface area (Å²) in [6, 6.07) is 8.77. The van der Waals surface area contributed by atoms with Crippen molar-refractivity contribution in [3.63, 3.8) is 0 Å². The molecular weight excluding hydrogens is 260 g/mol. The zero-order valence-electron chi connectivity index (χ0n) is 11.6. The van der Waals surface area contributed by atoms with Gasteiger partial charge in [-0.25, -0.2) is 13.1 Å². The second-order valence-electron chi connectivity index (χ2n) is 5.37. The van der Waals surface area contributed by atoms with Crippen LogP contribution in [0.4, 0.5) is 0 Å². The smallest absolute Gasteiger partial charge is 0.214 e. The largest absolute Gasteiger partial charge is 0.215 e. The minimum Gasteiger partial charge on any atom is -0.214 e. The zero-order valence-corrected chi connectivity index (χ0v) is 12.4. The molecule has 0 spiro atoms. The highest BCUT2D eigenvalue weighted by Gasteiger charge is 2.20. The van der Waals surface area contributed by atoms with Crippen LogP contribution in [0.25, 0.3) is 0 Å². The van der Waals surface area contributed by atoms with Gasteiger partial charge in [-0.3, -0.25) is 0 Å². The summed E-state index contributed by atoms with van der Waals surface area (Å²) in [4.78, 5) is 0. The van der Waals surface area contributed by atoms with Crippen molar-refractivity contribution in [3.8, 4) is 6.07 Å². The number of nitriles is 1. The van der Waals surface area contributed by atoms with E-state index in [1.807, 2.05) is 26.8 Å². The first-order valence-electron chi connectivity index (χ1n) is 6.25. The second kappa shape index (κ2) is 6.18. The fourth-order valence-corrected chi connectivity index (χ4v) is 2.82. The van der Waals surface area contributed by atoms with Crippen molar-refractivity contribution in [2.24, 2.45) is 5.41 Å². The highest BCUT2D eigenvalue weighted by atomic mass is 32.2. The van der Waals surface area contributed by atoms with E-state index in [-0.39, 0.29) is 11.2 Å². The molecule has 0 saturated carbocycles. The second-order valence-corrected chi connectivity index (χ2v) is 7.17. The molecule has 0 heterocycles. The number of benzene rings is 1. The van der Waals surface area contributed by atoms with Crippen molar-refractivity contribution >= 4 is 10.0 Å². The van der Waals surface area contributed by atoms with Crippen LogP contribution in [-0.2, 0) is 15.8 Å². The van der Waals surface area contributed by atoms with Crippen LogP contribution in [0.5, 0.6) is 0 Å². The fourth-order valence-electron chi connectivity index (χ4n) is 1.44. The Balaban J connectivity index is 2.78. The number of nitrogens with one attached hydrogen (secondary N) is 1. The molecule has 0 amide bonds. The standard InChI is InChI=1S/C14H20N2O2S/c1-4-14(2,3)11-16-19(17,18)10-13-8-6-5-7-12(13)9-15/h5-8,16H,4,10-11H2,1-3H3. The van der Waals surface area contributed by atoms with E-state index in [9.17, 15) is 8.42 Å². The molecule has 0 aromatic heterocycles. The van der Waals surface area contributed by atoms with Crippen LogP contribution in [-0.4, -0.2) is 15.0 Å². The lowest BCUT2D eigenvalue weighted by atomic mass is 9.91. The first kappa shape index (κ1) is 15.7. The monoisotopic (exact) mass is 280 g/mol. The van der Waals surface area contributed by atoms with Crippen molar-refractivity contribution in [3.05, 3.63) is 35.4 Å². The van der Waals surface area contributed by atoms with Gasteiger partial charge in [-0.1, -0.05) is 39.0 Å². The molecule has 4 nitrogen and oxygen atoms in total. The lowest BCUT2D eigenvalue weighted by Gasteiger charge is -2.22. The molecule has 0 atom stereocenters. The van der Waals surface area contributed by atoms with Gasteiger partial charge in [0.15, 0.2) is 0 Å². The average molecular weight is 280 g/mol. The molecule has 19 heavy (non-hydrogen) atoms. The number of sulfonamides is 1. The minimum absolute atomic E-state index is 0.0676. The van der Waals surface area contributed by atoms with Gasteiger partial charge in [-0.15, -0.1) is 0 Å². The van der Waals surface area contributed by atoms with Crippen LogP contribution in [0, 0.1) is 16.7 Å². The topological polar surface area (TPSA) is 70.0 Å². The van der Waals surface area contributed by atoms with Gasteiger partial charge in [-0.05, 0) is 23.5 Å². The molecule has 0 unspecified atom stereocenters. The van der Waals surface area contributed by atoms with E-state index in [1.165, 1.54) is 0 Å². The number of nitrogens with zero attached hydrogens (tertiary/aromatic N) is 1. The van der Waals surface area contributed by atoms with E-state index in [4.69, 9.17) is 5.26 Å². The molecular formula is C14H20N2O2S. The Hall–Kier alpha value is -1.38. The van der Waals surface area contributed by atoms with E-state index in [1.54, 1.807) is 24.3 Å². The molecule has 0 bridgehead atoms. The highest BCUT2D eigenvalue weighted by molar-refractivity contribution is 7.88. The summed E-state index contributed by atoms with van der Waals surface area (Å²) in [7, 11) is -3.41. The number of rotatable bonds is 6. The van der Waals surface area contributed by atoms with Gasteiger partial charge in [0, 0.05) is 6.54 Å². The zero-order chi connectivity index (χ0) is 14.5. The van der Waals surface area contributed by atoms with E-state index in [2.05, 4.69) is 4.72 Å². The van der Waals surface area contributed by atoms with Crippen LogP contribution >= 0.6 is 0 Å². The Bertz CT molecular complexity index is 571. The third-order valence-electron chi connectivity index (χ3n) is 3.21. The number of hydrogen-bond donors (Lipinski definition) is 1. The van der Waals surface area contributed by atoms with Crippen molar-refractivity contribution in [1.82, 2.24) is 4.72 Å². The quantitative estimate of drug-likeness (QED) is 0.870. The number of hydrogen-bond acceptors (Lipinski definition) is 3. The van der Waals surface area contributed by atoms with E-state index in [0.29, 0.717) is 17.7 Å². The molecule has 1 N–H and O–H groups in total. The van der Waals surface area contributed by atoms with Gasteiger partial charge in [-0.2, -0.15) is 5.26 Å². The van der Waals surface area contributed by atoms with Crippen molar-refractivity contribution in [1.29, 1.82) is 5.26 Å². The van der Waals surface area contributed by atoms with Crippen LogP contribution < -0.4 is 4.72 Å². The SMILES string of the molecule is CCC(C)(C)CNS(=O)(=O)Cc1ccccc1C#N. The van der Waals surface area contributed by atoms with Crippen molar-refractivity contribution in [2.45, 2.75) is 32.9 Å². The van der Waals surface area contributed by atoms with Crippen LogP contribution in [0.1, 0.15) is 38.3 Å². The van der Waals surface area contributed by atoms with Crippen LogP contribution in [0.2, 0.25) is 0 Å². The van der Waals surface area contributed by atoms with E-state index in [0.717, 1.165) is 6.42 Å². The summed E-state index contributed by atoms with van der Waals surface area (Å²) in [6.07, 6.45) is 0.893. The van der Waals surface area contributed by atoms with Gasteiger partial charge in [0.1, 0.15) is 0 Å². The lowest BCUT2D eigenvalue weighted by Crippen LogP contribution is -2.34. The Labute approximate surface area is 115 Å². The van der Waals surface area contributed by atoms with Gasteiger partial charge >= 0.3 is 0 Å². The Morgan fingerprint density at radius 2 is 1.95 bits per heavy atom. The minimum atomic E-state index is -3.41. The molecule has 0 aliphatic carbocycles. The fraction of sp³-hybridized carbons (Fsp3) is 0.500. The van der Waals surface area contributed by atoms with Crippen molar-refractivity contribution in [2.75, 3.05) is 6.54 Å². The normalized spacial score (nSPS) is 12.1. The predicted octanol–water partition coefficient (Wildman–Crippen LogP) is 2.41. The molecule has 1 rings (SSSR count). The van der Waals surface area contributed by atoms with Crippen LogP contribution in [0.3, 0.4) is 0 Å². The summed E-state index contributed by atoms with van der Waals surface area (Å²) in [5.41, 5.74) is 0.872. The van der Waals surface area contributed by atoms with E-state index < -0.39 is 10.0 Å². The molecule has 104 valence electrons. The first-order valence-corrected chi connectivity index (χ1v) is 7.90. The molecule has 0 saturated heterocycles. The van der Waals surface area contributed by atoms with Gasteiger partial charge in [0.2, 0.25) is 10.0 Å². The molecule has 0 aliphatic rings. The summed E-state index contributed by atoms with van der Waals surface area (Å²) >= 11 is 0. The summed E-state index contributed by atoms with van der Waals surface area (Å²) < 4.78 is 26.6. The molecule has 1 aromatic carbocycles. The predicted molar refractivity (Wildman–Crippen MR) is 75.9 cm³/mol. The Kier molecular flexibility index (Phi) is 5.10. The van der Waals surface area contributed by atoms with Crippen molar-refractivity contribution < 1.29 is 8.42 Å². The molecule has 0 aliphatic heterocycles. The molecule has 5 heteroatoms. The molecule has 0 fully saturated rings. The lowest BCUT2D eigenvalue weighted by molar-refractivity contribution is 0.350. The highest BCUT2D eigenvalue weighted by Crippen LogP contribution is 2.19. The summed E-state index contributed by atoms with van der Waals surface area (Å²) in [5, 5.41) is 8.95. The first-order chi connectivity index (χ1) is 8.79. The van der Waals surface area contributed by atoms with Crippen LogP contribution in [0.15, 0.2) is 24.3 Å². The van der Waals surface area contributed by atoms with E-state index >= 15 is 0 Å².